The summed E-state index contributed by atoms with van der Waals surface area (Å²) in [6.07, 6.45) is 0.647. The van der Waals surface area contributed by atoms with Gasteiger partial charge in [-0.1, -0.05) is 0 Å². The number of primary amides is 1. The van der Waals surface area contributed by atoms with Crippen LogP contribution in [0.1, 0.15) is 21.7 Å². The summed E-state index contributed by atoms with van der Waals surface area (Å²) in [4.78, 5) is 14.2. The van der Waals surface area contributed by atoms with Gasteiger partial charge in [0.2, 0.25) is 5.91 Å². The molecule has 15 heavy (non-hydrogen) atoms. The quantitative estimate of drug-likeness (QED) is 0.784. The third kappa shape index (κ3) is 2.56. The summed E-state index contributed by atoms with van der Waals surface area (Å²) in [6, 6.07) is 1.83. The second-order valence-corrected chi connectivity index (χ2v) is 4.84. The van der Waals surface area contributed by atoms with Gasteiger partial charge in [-0.2, -0.15) is 0 Å². The Balaban J connectivity index is 1.96. The topological polar surface area (TPSA) is 66.6 Å². The lowest BCUT2D eigenvalue weighted by atomic mass is 10.3. The van der Waals surface area contributed by atoms with Crippen molar-refractivity contribution in [2.45, 2.75) is 19.1 Å². The van der Waals surface area contributed by atoms with Gasteiger partial charge < -0.3 is 10.8 Å². The molecular formula is C10H14N2O2S. The van der Waals surface area contributed by atoms with E-state index < -0.39 is 0 Å². The number of β-amino-alcohol motifs (C(OH)–C–C–N with tert-alkyl or cyclic N) is 1. The number of amides is 1. The van der Waals surface area contributed by atoms with Gasteiger partial charge in [0.05, 0.1) is 11.7 Å². The molecule has 0 aliphatic carbocycles. The van der Waals surface area contributed by atoms with Crippen LogP contribution in [0.2, 0.25) is 0 Å². The van der Waals surface area contributed by atoms with Crippen LogP contribution in [0, 0.1) is 0 Å². The van der Waals surface area contributed by atoms with Gasteiger partial charge in [-0.05, 0) is 12.5 Å². The zero-order chi connectivity index (χ0) is 10.8. The Hall–Kier alpha value is -0.910. The van der Waals surface area contributed by atoms with E-state index in [0.29, 0.717) is 5.56 Å². The van der Waals surface area contributed by atoms with E-state index in [2.05, 4.69) is 4.90 Å². The van der Waals surface area contributed by atoms with E-state index in [9.17, 15) is 9.90 Å². The molecule has 1 aliphatic rings. The summed E-state index contributed by atoms with van der Waals surface area (Å²) in [5.41, 5.74) is 5.75. The lowest BCUT2D eigenvalue weighted by molar-refractivity contribution is 0.100. The van der Waals surface area contributed by atoms with Crippen molar-refractivity contribution in [3.05, 3.63) is 21.9 Å². The van der Waals surface area contributed by atoms with E-state index in [1.807, 2.05) is 6.07 Å². The maximum atomic E-state index is 10.9. The molecule has 0 spiro atoms. The smallest absolute Gasteiger partial charge is 0.249 e. The van der Waals surface area contributed by atoms with Crippen LogP contribution < -0.4 is 5.73 Å². The second kappa shape index (κ2) is 4.30. The number of carbonyl (C=O) groups excluding carboxylic acids is 1. The molecular weight excluding hydrogens is 212 g/mol. The SMILES string of the molecule is NC(=O)c1csc(CN2CC[C@@H](O)C2)c1. The molecule has 2 heterocycles. The molecule has 1 fully saturated rings. The molecule has 0 unspecified atom stereocenters. The monoisotopic (exact) mass is 226 g/mol. The van der Waals surface area contributed by atoms with Crippen molar-refractivity contribution in [2.75, 3.05) is 13.1 Å². The van der Waals surface area contributed by atoms with Gasteiger partial charge in [0, 0.05) is 29.9 Å². The van der Waals surface area contributed by atoms with Crippen LogP contribution in [0.25, 0.3) is 0 Å². The number of carbonyl (C=O) groups is 1. The van der Waals surface area contributed by atoms with Crippen LogP contribution in [-0.2, 0) is 6.54 Å². The molecule has 1 saturated heterocycles. The largest absolute Gasteiger partial charge is 0.392 e. The highest BCUT2D eigenvalue weighted by atomic mass is 32.1. The zero-order valence-electron chi connectivity index (χ0n) is 8.35. The molecule has 1 aromatic rings. The summed E-state index contributed by atoms with van der Waals surface area (Å²) in [5, 5.41) is 11.1. The maximum Gasteiger partial charge on any atom is 0.249 e. The Labute approximate surface area is 92.3 Å². The number of aliphatic hydroxyl groups excluding tert-OH is 1. The molecule has 0 saturated carbocycles. The molecule has 0 radical (unpaired) electrons. The fraction of sp³-hybridized carbons (Fsp3) is 0.500. The first-order chi connectivity index (χ1) is 7.15. The molecule has 0 bridgehead atoms. The van der Waals surface area contributed by atoms with Gasteiger partial charge in [-0.25, -0.2) is 0 Å². The predicted octanol–water partition coefficient (Wildman–Crippen LogP) is 0.414. The number of hydrogen-bond acceptors (Lipinski definition) is 4. The van der Waals surface area contributed by atoms with Crippen LogP contribution in [0.5, 0.6) is 0 Å². The van der Waals surface area contributed by atoms with E-state index in [-0.39, 0.29) is 12.0 Å². The minimum atomic E-state index is -0.376. The number of likely N-dealkylation sites (tertiary alicyclic amines) is 1. The van der Waals surface area contributed by atoms with Crippen molar-refractivity contribution in [1.29, 1.82) is 0 Å². The fourth-order valence-electron chi connectivity index (χ4n) is 1.77. The van der Waals surface area contributed by atoms with E-state index in [0.717, 1.165) is 30.9 Å². The van der Waals surface area contributed by atoms with Crippen molar-refractivity contribution in [3.8, 4) is 0 Å². The average molecular weight is 226 g/mol. The molecule has 1 atom stereocenters. The molecule has 2 rings (SSSR count). The zero-order valence-corrected chi connectivity index (χ0v) is 9.17. The summed E-state index contributed by atoms with van der Waals surface area (Å²) in [6.45, 7) is 2.45. The first-order valence-corrected chi connectivity index (χ1v) is 5.81. The summed E-state index contributed by atoms with van der Waals surface area (Å²) >= 11 is 1.54. The Morgan fingerprint density at radius 1 is 1.73 bits per heavy atom. The van der Waals surface area contributed by atoms with Crippen LogP contribution >= 0.6 is 11.3 Å². The van der Waals surface area contributed by atoms with Crippen molar-refractivity contribution >= 4 is 17.2 Å². The average Bonchev–Trinajstić information content (AvgIpc) is 2.76. The van der Waals surface area contributed by atoms with Gasteiger partial charge in [0.15, 0.2) is 0 Å². The highest BCUT2D eigenvalue weighted by molar-refractivity contribution is 7.10. The van der Waals surface area contributed by atoms with Crippen molar-refractivity contribution in [2.24, 2.45) is 5.73 Å². The van der Waals surface area contributed by atoms with E-state index in [1.54, 1.807) is 16.7 Å². The number of hydrogen-bond donors (Lipinski definition) is 2. The molecule has 1 aromatic heterocycles. The lowest BCUT2D eigenvalue weighted by Gasteiger charge is -2.12. The highest BCUT2D eigenvalue weighted by Gasteiger charge is 2.20. The summed E-state index contributed by atoms with van der Waals surface area (Å²) < 4.78 is 0. The third-order valence-corrected chi connectivity index (χ3v) is 3.49. The standard InChI is InChI=1S/C10H14N2O2S/c11-10(14)7-3-9(15-6-7)5-12-2-1-8(13)4-12/h3,6,8,13H,1-2,4-5H2,(H2,11,14)/t8-/m1/s1. The van der Waals surface area contributed by atoms with Gasteiger partial charge in [0.1, 0.15) is 0 Å². The maximum absolute atomic E-state index is 10.9. The Morgan fingerprint density at radius 3 is 3.07 bits per heavy atom. The van der Waals surface area contributed by atoms with Crippen LogP contribution in [-0.4, -0.2) is 35.1 Å². The molecule has 82 valence electrons. The Morgan fingerprint density at radius 2 is 2.53 bits per heavy atom. The fourth-order valence-corrected chi connectivity index (χ4v) is 2.68. The number of nitrogens with two attached hydrogens (primary N) is 1. The first kappa shape index (κ1) is 10.6. The van der Waals surface area contributed by atoms with E-state index in [1.165, 1.54) is 0 Å². The Bertz CT molecular complexity index is 364. The lowest BCUT2D eigenvalue weighted by Crippen LogP contribution is -2.20. The molecule has 0 aromatic carbocycles. The predicted molar refractivity (Wildman–Crippen MR) is 58.7 cm³/mol. The van der Waals surface area contributed by atoms with Gasteiger partial charge in [-0.15, -0.1) is 11.3 Å². The minimum Gasteiger partial charge on any atom is -0.392 e. The van der Waals surface area contributed by atoms with Crippen LogP contribution in [0.3, 0.4) is 0 Å². The molecule has 1 amide bonds. The van der Waals surface area contributed by atoms with E-state index in [4.69, 9.17) is 5.73 Å². The van der Waals surface area contributed by atoms with Crippen molar-refractivity contribution in [1.82, 2.24) is 4.90 Å². The van der Waals surface area contributed by atoms with Crippen LogP contribution in [0.4, 0.5) is 0 Å². The number of aliphatic hydroxyl groups is 1. The minimum absolute atomic E-state index is 0.194. The second-order valence-electron chi connectivity index (χ2n) is 3.84. The number of nitrogens with zero attached hydrogens (tertiary/aromatic N) is 1. The molecule has 1 aliphatic heterocycles. The van der Waals surface area contributed by atoms with E-state index >= 15 is 0 Å². The molecule has 3 N–H and O–H groups in total. The highest BCUT2D eigenvalue weighted by Crippen LogP contribution is 2.19. The first-order valence-electron chi connectivity index (χ1n) is 4.93. The van der Waals surface area contributed by atoms with Gasteiger partial charge >= 0.3 is 0 Å². The normalized spacial score (nSPS) is 22.1. The van der Waals surface area contributed by atoms with Gasteiger partial charge in [0.25, 0.3) is 0 Å². The molecule has 5 heteroatoms. The number of thiophene rings is 1. The summed E-state index contributed by atoms with van der Waals surface area (Å²) in [5.74, 6) is -0.376. The molecule has 4 nitrogen and oxygen atoms in total. The Kier molecular flexibility index (Phi) is 3.04. The van der Waals surface area contributed by atoms with Gasteiger partial charge in [-0.3, -0.25) is 9.69 Å². The number of rotatable bonds is 3. The third-order valence-electron chi connectivity index (χ3n) is 2.57. The van der Waals surface area contributed by atoms with Crippen LogP contribution in [0.15, 0.2) is 11.4 Å². The van der Waals surface area contributed by atoms with Crippen molar-refractivity contribution < 1.29 is 9.90 Å². The summed E-state index contributed by atoms with van der Waals surface area (Å²) in [7, 11) is 0. The van der Waals surface area contributed by atoms with Crippen molar-refractivity contribution in [3.63, 3.8) is 0 Å².